The molecule has 1 aromatic carbocycles. The van der Waals surface area contributed by atoms with E-state index in [0.29, 0.717) is 23.6 Å². The van der Waals surface area contributed by atoms with Crippen LogP contribution >= 0.6 is 0 Å². The summed E-state index contributed by atoms with van der Waals surface area (Å²) in [6, 6.07) is 10.9. The molecule has 140 valence electrons. The Hall–Kier alpha value is -3.35. The van der Waals surface area contributed by atoms with Crippen LogP contribution < -0.4 is 11.1 Å². The fourth-order valence-electron chi connectivity index (χ4n) is 2.65. The standard InChI is InChI=1S/C20H22N4O3/c1-20(2,3)13-8-6-12(7-9-13)19(26)24-18-16(17(21)25)22-15(23-18)11-14-5-4-10-27-14/h4-10H,11H2,1-3H3,(H2,21,25)(H,22,23)(H,24,26). The number of carbonyl (C=O) groups is 2. The summed E-state index contributed by atoms with van der Waals surface area (Å²) in [6.07, 6.45) is 1.90. The van der Waals surface area contributed by atoms with Crippen molar-refractivity contribution in [3.05, 3.63) is 71.1 Å². The predicted octanol–water partition coefficient (Wildman–Crippen LogP) is 3.24. The molecule has 2 amide bonds. The minimum absolute atomic E-state index is 0.00289. The Morgan fingerprint density at radius 2 is 1.89 bits per heavy atom. The molecule has 0 unspecified atom stereocenters. The third-order valence-corrected chi connectivity index (χ3v) is 4.17. The van der Waals surface area contributed by atoms with Gasteiger partial charge in [0, 0.05) is 5.56 Å². The van der Waals surface area contributed by atoms with Crippen LogP contribution in [0.4, 0.5) is 5.82 Å². The van der Waals surface area contributed by atoms with Crippen LogP contribution in [0.1, 0.15) is 58.8 Å². The van der Waals surface area contributed by atoms with Gasteiger partial charge in [-0.1, -0.05) is 32.9 Å². The molecule has 0 aliphatic carbocycles. The number of nitrogens with zero attached hydrogens (tertiary/aromatic N) is 1. The summed E-state index contributed by atoms with van der Waals surface area (Å²) in [5.41, 5.74) is 7.04. The summed E-state index contributed by atoms with van der Waals surface area (Å²) in [5, 5.41) is 2.65. The number of carbonyl (C=O) groups excluding carboxylic acids is 2. The van der Waals surface area contributed by atoms with Gasteiger partial charge in [-0.05, 0) is 35.2 Å². The number of rotatable bonds is 5. The monoisotopic (exact) mass is 366 g/mol. The summed E-state index contributed by atoms with van der Waals surface area (Å²) >= 11 is 0. The van der Waals surface area contributed by atoms with Crippen LogP contribution in [0.15, 0.2) is 47.1 Å². The number of nitrogens with one attached hydrogen (secondary N) is 2. The first-order valence-electron chi connectivity index (χ1n) is 8.57. The molecule has 3 aromatic rings. The van der Waals surface area contributed by atoms with Gasteiger partial charge in [-0.15, -0.1) is 0 Å². The number of furan rings is 1. The molecule has 4 N–H and O–H groups in total. The first-order valence-corrected chi connectivity index (χ1v) is 8.57. The van der Waals surface area contributed by atoms with Crippen molar-refractivity contribution < 1.29 is 14.0 Å². The van der Waals surface area contributed by atoms with Crippen molar-refractivity contribution in [3.8, 4) is 0 Å². The smallest absolute Gasteiger partial charge is 0.269 e. The minimum Gasteiger partial charge on any atom is -0.469 e. The van der Waals surface area contributed by atoms with Crippen molar-refractivity contribution in [1.82, 2.24) is 9.97 Å². The molecule has 0 bridgehead atoms. The number of aromatic amines is 1. The minimum atomic E-state index is -0.702. The normalized spacial score (nSPS) is 11.4. The molecular formula is C20H22N4O3. The van der Waals surface area contributed by atoms with E-state index >= 15 is 0 Å². The molecule has 0 aliphatic heterocycles. The van der Waals surface area contributed by atoms with Crippen LogP contribution in [-0.2, 0) is 11.8 Å². The van der Waals surface area contributed by atoms with Crippen molar-refractivity contribution in [2.45, 2.75) is 32.6 Å². The van der Waals surface area contributed by atoms with E-state index in [-0.39, 0.29) is 22.8 Å². The van der Waals surface area contributed by atoms with E-state index in [4.69, 9.17) is 10.2 Å². The van der Waals surface area contributed by atoms with Crippen molar-refractivity contribution in [2.75, 3.05) is 5.32 Å². The molecule has 0 radical (unpaired) electrons. The zero-order valence-corrected chi connectivity index (χ0v) is 15.5. The summed E-state index contributed by atoms with van der Waals surface area (Å²) in [5.74, 6) is 0.182. The lowest BCUT2D eigenvalue weighted by molar-refractivity contribution is 0.0997. The number of anilines is 1. The number of amides is 2. The Balaban J connectivity index is 1.80. The number of benzene rings is 1. The SMILES string of the molecule is CC(C)(C)c1ccc(C(=O)Nc2nc(Cc3ccco3)[nH]c2C(N)=O)cc1. The van der Waals surface area contributed by atoms with Gasteiger partial charge in [-0.2, -0.15) is 0 Å². The topological polar surface area (TPSA) is 114 Å². The number of primary amides is 1. The maximum Gasteiger partial charge on any atom is 0.269 e. The third-order valence-electron chi connectivity index (χ3n) is 4.17. The van der Waals surface area contributed by atoms with E-state index in [0.717, 1.165) is 5.56 Å². The first-order chi connectivity index (χ1) is 12.7. The average Bonchev–Trinajstić information content (AvgIpc) is 3.24. The van der Waals surface area contributed by atoms with Crippen LogP contribution in [0.3, 0.4) is 0 Å². The molecule has 7 heteroatoms. The van der Waals surface area contributed by atoms with Crippen LogP contribution in [-0.4, -0.2) is 21.8 Å². The molecule has 2 heterocycles. The van der Waals surface area contributed by atoms with Crippen molar-refractivity contribution in [3.63, 3.8) is 0 Å². The average molecular weight is 366 g/mol. The number of imidazole rings is 1. The van der Waals surface area contributed by atoms with Crippen molar-refractivity contribution in [1.29, 1.82) is 0 Å². The van der Waals surface area contributed by atoms with Crippen LogP contribution in [0.5, 0.6) is 0 Å². The van der Waals surface area contributed by atoms with E-state index in [1.165, 1.54) is 0 Å². The number of hydrogen-bond acceptors (Lipinski definition) is 4. The molecule has 3 rings (SSSR count). The lowest BCUT2D eigenvalue weighted by Gasteiger charge is -2.19. The van der Waals surface area contributed by atoms with Gasteiger partial charge in [0.1, 0.15) is 17.3 Å². The first kappa shape index (κ1) is 18.4. The quantitative estimate of drug-likeness (QED) is 0.643. The van der Waals surface area contributed by atoms with Gasteiger partial charge in [0.05, 0.1) is 12.7 Å². The fraction of sp³-hybridized carbons (Fsp3) is 0.250. The summed E-state index contributed by atoms with van der Waals surface area (Å²) in [4.78, 5) is 31.4. The Labute approximate surface area is 157 Å². The molecular weight excluding hydrogens is 344 g/mol. The second kappa shape index (κ2) is 7.11. The molecule has 27 heavy (non-hydrogen) atoms. The zero-order chi connectivity index (χ0) is 19.6. The third kappa shape index (κ3) is 4.25. The molecule has 0 spiro atoms. The zero-order valence-electron chi connectivity index (χ0n) is 15.5. The highest BCUT2D eigenvalue weighted by molar-refractivity contribution is 6.07. The van der Waals surface area contributed by atoms with Crippen molar-refractivity contribution >= 4 is 17.6 Å². The number of hydrogen-bond donors (Lipinski definition) is 3. The summed E-state index contributed by atoms with van der Waals surface area (Å²) in [6.45, 7) is 6.31. The van der Waals surface area contributed by atoms with Gasteiger partial charge in [-0.3, -0.25) is 9.59 Å². The van der Waals surface area contributed by atoms with E-state index in [1.54, 1.807) is 30.5 Å². The van der Waals surface area contributed by atoms with Gasteiger partial charge < -0.3 is 20.5 Å². The lowest BCUT2D eigenvalue weighted by atomic mass is 9.87. The molecule has 0 atom stereocenters. The lowest BCUT2D eigenvalue weighted by Crippen LogP contribution is -2.18. The van der Waals surface area contributed by atoms with Crippen LogP contribution in [0.25, 0.3) is 0 Å². The largest absolute Gasteiger partial charge is 0.469 e. The predicted molar refractivity (Wildman–Crippen MR) is 102 cm³/mol. The van der Waals surface area contributed by atoms with E-state index in [9.17, 15) is 9.59 Å². The number of H-pyrrole nitrogens is 1. The van der Waals surface area contributed by atoms with E-state index in [2.05, 4.69) is 36.1 Å². The number of nitrogens with two attached hydrogens (primary N) is 1. The highest BCUT2D eigenvalue weighted by atomic mass is 16.3. The van der Waals surface area contributed by atoms with Crippen molar-refractivity contribution in [2.24, 2.45) is 5.73 Å². The molecule has 0 saturated carbocycles. The molecule has 0 aliphatic rings. The van der Waals surface area contributed by atoms with Crippen LogP contribution in [0.2, 0.25) is 0 Å². The van der Waals surface area contributed by atoms with Gasteiger partial charge >= 0.3 is 0 Å². The Morgan fingerprint density at radius 1 is 1.19 bits per heavy atom. The van der Waals surface area contributed by atoms with Gasteiger partial charge in [0.15, 0.2) is 5.82 Å². The Kier molecular flexibility index (Phi) is 4.85. The Morgan fingerprint density at radius 3 is 2.44 bits per heavy atom. The maximum atomic E-state index is 12.5. The highest BCUT2D eigenvalue weighted by Crippen LogP contribution is 2.23. The summed E-state index contributed by atoms with van der Waals surface area (Å²) in [7, 11) is 0. The Bertz CT molecular complexity index is 948. The van der Waals surface area contributed by atoms with E-state index < -0.39 is 5.91 Å². The van der Waals surface area contributed by atoms with Crippen LogP contribution in [0, 0.1) is 0 Å². The second-order valence-corrected chi connectivity index (χ2v) is 7.31. The molecule has 0 fully saturated rings. The molecule has 0 saturated heterocycles. The van der Waals surface area contributed by atoms with Gasteiger partial charge in [0.2, 0.25) is 0 Å². The molecule has 7 nitrogen and oxygen atoms in total. The maximum absolute atomic E-state index is 12.5. The second-order valence-electron chi connectivity index (χ2n) is 7.31. The highest BCUT2D eigenvalue weighted by Gasteiger charge is 2.19. The molecule has 2 aromatic heterocycles. The van der Waals surface area contributed by atoms with Gasteiger partial charge in [-0.25, -0.2) is 4.98 Å². The number of aromatic nitrogens is 2. The van der Waals surface area contributed by atoms with Gasteiger partial charge in [0.25, 0.3) is 11.8 Å². The van der Waals surface area contributed by atoms with E-state index in [1.807, 2.05) is 12.1 Å². The fourth-order valence-corrected chi connectivity index (χ4v) is 2.65. The summed E-state index contributed by atoms with van der Waals surface area (Å²) < 4.78 is 5.27.